The molecule has 1 aliphatic heterocycles. The summed E-state index contributed by atoms with van der Waals surface area (Å²) < 4.78 is 20.6. The lowest BCUT2D eigenvalue weighted by atomic mass is 10.2. The Hall–Kier alpha value is -2.87. The Labute approximate surface area is 159 Å². The molecule has 1 fully saturated rings. The van der Waals surface area contributed by atoms with Crippen LogP contribution in [0.25, 0.3) is 11.8 Å². The van der Waals surface area contributed by atoms with Gasteiger partial charge in [0, 0.05) is 11.9 Å². The van der Waals surface area contributed by atoms with Crippen molar-refractivity contribution in [2.45, 2.75) is 19.9 Å². The van der Waals surface area contributed by atoms with Gasteiger partial charge in [-0.15, -0.1) is 0 Å². The molecule has 2 heterocycles. The summed E-state index contributed by atoms with van der Waals surface area (Å²) in [6.45, 7) is 3.25. The van der Waals surface area contributed by atoms with Gasteiger partial charge in [-0.2, -0.15) is 0 Å². The minimum Gasteiger partial charge on any atom is -0.464 e. The molecule has 2 amide bonds. The molecule has 27 heavy (non-hydrogen) atoms. The Balaban J connectivity index is 1.91. The number of hydrogen-bond donors (Lipinski definition) is 0. The maximum absolute atomic E-state index is 14.1. The predicted molar refractivity (Wildman–Crippen MR) is 99.6 cm³/mol. The molecule has 3 rings (SSSR count). The van der Waals surface area contributed by atoms with Crippen molar-refractivity contribution in [3.05, 3.63) is 59.0 Å². The molecule has 0 radical (unpaired) electrons. The molecule has 1 saturated heterocycles. The van der Waals surface area contributed by atoms with Crippen molar-refractivity contribution >= 4 is 35.0 Å². The summed E-state index contributed by atoms with van der Waals surface area (Å²) in [7, 11) is 0. The molecule has 1 atom stereocenters. The van der Waals surface area contributed by atoms with Crippen LogP contribution in [0.5, 0.6) is 0 Å². The Bertz CT molecular complexity index is 937. The number of nitrogens with zero attached hydrogens (tertiary/aromatic N) is 2. The second kappa shape index (κ2) is 7.79. The molecule has 8 heteroatoms. The van der Waals surface area contributed by atoms with Gasteiger partial charge in [0.15, 0.2) is 0 Å². The van der Waals surface area contributed by atoms with Gasteiger partial charge in [-0.3, -0.25) is 14.5 Å². The standard InChI is InChI=1S/C19H17FN2O4S/c1-3-26-18(24)12(2)22-17(23)16(27-19(22)25)11-13-7-6-10-21(13)15-9-5-4-8-14(15)20/h4-12H,3H2,1-2H3/b16-11-. The summed E-state index contributed by atoms with van der Waals surface area (Å²) in [5, 5.41) is -0.546. The number of carbonyl (C=O) groups excluding carboxylic acids is 3. The molecule has 0 N–H and O–H groups in total. The van der Waals surface area contributed by atoms with Crippen LogP contribution in [0.2, 0.25) is 0 Å². The van der Waals surface area contributed by atoms with Crippen LogP contribution >= 0.6 is 11.8 Å². The van der Waals surface area contributed by atoms with Crippen LogP contribution in [0.1, 0.15) is 19.5 Å². The highest BCUT2D eigenvalue weighted by Crippen LogP contribution is 2.34. The third-order valence-corrected chi connectivity index (χ3v) is 4.89. The second-order valence-electron chi connectivity index (χ2n) is 5.73. The van der Waals surface area contributed by atoms with Crippen molar-refractivity contribution in [1.29, 1.82) is 0 Å². The van der Waals surface area contributed by atoms with Crippen LogP contribution in [-0.2, 0) is 14.3 Å². The number of imide groups is 1. The van der Waals surface area contributed by atoms with E-state index in [4.69, 9.17) is 4.74 Å². The van der Waals surface area contributed by atoms with Crippen molar-refractivity contribution in [2.24, 2.45) is 0 Å². The number of halogens is 1. The van der Waals surface area contributed by atoms with Crippen molar-refractivity contribution in [2.75, 3.05) is 6.61 Å². The Morgan fingerprint density at radius 1 is 1.26 bits per heavy atom. The van der Waals surface area contributed by atoms with E-state index in [2.05, 4.69) is 0 Å². The lowest BCUT2D eigenvalue weighted by Gasteiger charge is -2.19. The van der Waals surface area contributed by atoms with Gasteiger partial charge < -0.3 is 9.30 Å². The van der Waals surface area contributed by atoms with Crippen LogP contribution in [0, 0.1) is 5.82 Å². The number of amides is 2. The van der Waals surface area contributed by atoms with E-state index in [0.717, 1.165) is 16.7 Å². The number of para-hydroxylation sites is 1. The van der Waals surface area contributed by atoms with Gasteiger partial charge in [-0.25, -0.2) is 9.18 Å². The van der Waals surface area contributed by atoms with Crippen molar-refractivity contribution in [1.82, 2.24) is 9.47 Å². The van der Waals surface area contributed by atoms with E-state index in [-0.39, 0.29) is 11.5 Å². The maximum atomic E-state index is 14.1. The fraction of sp³-hybridized carbons (Fsp3) is 0.211. The van der Waals surface area contributed by atoms with E-state index in [0.29, 0.717) is 11.4 Å². The zero-order valence-corrected chi connectivity index (χ0v) is 15.5. The van der Waals surface area contributed by atoms with E-state index < -0.39 is 29.0 Å². The van der Waals surface area contributed by atoms with Gasteiger partial charge in [-0.05, 0) is 56.0 Å². The third kappa shape index (κ3) is 3.66. The first-order chi connectivity index (χ1) is 12.9. The number of benzene rings is 1. The van der Waals surface area contributed by atoms with Gasteiger partial charge in [0.25, 0.3) is 11.1 Å². The van der Waals surface area contributed by atoms with Crippen molar-refractivity contribution < 1.29 is 23.5 Å². The first-order valence-electron chi connectivity index (χ1n) is 8.30. The summed E-state index contributed by atoms with van der Waals surface area (Å²) in [6.07, 6.45) is 3.17. The largest absolute Gasteiger partial charge is 0.464 e. The quantitative estimate of drug-likeness (QED) is 0.578. The number of carbonyl (C=O) groups is 3. The van der Waals surface area contributed by atoms with Crippen LogP contribution in [-0.4, -0.2) is 39.2 Å². The highest BCUT2D eigenvalue weighted by atomic mass is 32.2. The molecular formula is C19H17FN2O4S. The molecular weight excluding hydrogens is 371 g/mol. The molecule has 2 aromatic rings. The van der Waals surface area contributed by atoms with Gasteiger partial charge in [0.2, 0.25) is 0 Å². The molecule has 1 unspecified atom stereocenters. The molecule has 0 aliphatic carbocycles. The van der Waals surface area contributed by atoms with Crippen LogP contribution < -0.4 is 0 Å². The molecule has 140 valence electrons. The lowest BCUT2D eigenvalue weighted by Crippen LogP contribution is -2.42. The SMILES string of the molecule is CCOC(=O)C(C)N1C(=O)S/C(=C\c2cccn2-c2ccccc2F)C1=O. The number of aromatic nitrogens is 1. The number of thioether (sulfide) groups is 1. The highest BCUT2D eigenvalue weighted by Gasteiger charge is 2.41. The first-order valence-corrected chi connectivity index (χ1v) is 9.11. The monoisotopic (exact) mass is 388 g/mol. The summed E-state index contributed by atoms with van der Waals surface area (Å²) in [6, 6.07) is 8.65. The second-order valence-corrected chi connectivity index (χ2v) is 6.73. The van der Waals surface area contributed by atoms with E-state index in [1.807, 2.05) is 0 Å². The summed E-state index contributed by atoms with van der Waals surface area (Å²) >= 11 is 0.736. The molecule has 0 spiro atoms. The zero-order chi connectivity index (χ0) is 19.6. The average molecular weight is 388 g/mol. The smallest absolute Gasteiger partial charge is 0.329 e. The minimum atomic E-state index is -1.01. The van der Waals surface area contributed by atoms with Crippen molar-refractivity contribution in [3.8, 4) is 5.69 Å². The number of ether oxygens (including phenoxy) is 1. The molecule has 6 nitrogen and oxygen atoms in total. The first kappa shape index (κ1) is 18.9. The lowest BCUT2D eigenvalue weighted by molar-refractivity contribution is -0.150. The molecule has 0 saturated carbocycles. The Morgan fingerprint density at radius 2 is 2.00 bits per heavy atom. The topological polar surface area (TPSA) is 68.6 Å². The Morgan fingerprint density at radius 3 is 2.70 bits per heavy atom. The van der Waals surface area contributed by atoms with Gasteiger partial charge in [0.1, 0.15) is 11.9 Å². The minimum absolute atomic E-state index is 0.158. The molecule has 1 aromatic carbocycles. The average Bonchev–Trinajstić information content (AvgIpc) is 3.20. The normalized spacial score (nSPS) is 16.9. The van der Waals surface area contributed by atoms with Crippen LogP contribution in [0.4, 0.5) is 9.18 Å². The van der Waals surface area contributed by atoms with Gasteiger partial charge in [-0.1, -0.05) is 12.1 Å². The number of rotatable bonds is 5. The van der Waals surface area contributed by atoms with Crippen LogP contribution in [0.15, 0.2) is 47.5 Å². The van der Waals surface area contributed by atoms with Gasteiger partial charge in [0.05, 0.1) is 17.2 Å². The van der Waals surface area contributed by atoms with Crippen LogP contribution in [0.3, 0.4) is 0 Å². The fourth-order valence-corrected chi connectivity index (χ4v) is 3.59. The highest BCUT2D eigenvalue weighted by molar-refractivity contribution is 8.18. The van der Waals surface area contributed by atoms with E-state index in [1.165, 1.54) is 19.1 Å². The van der Waals surface area contributed by atoms with E-state index >= 15 is 0 Å². The summed E-state index contributed by atoms with van der Waals surface area (Å²) in [5.41, 5.74) is 0.863. The third-order valence-electron chi connectivity index (χ3n) is 4.01. The van der Waals surface area contributed by atoms with Gasteiger partial charge >= 0.3 is 5.97 Å². The zero-order valence-electron chi connectivity index (χ0n) is 14.7. The summed E-state index contributed by atoms with van der Waals surface area (Å²) in [5.74, 6) is -1.63. The molecule has 0 bridgehead atoms. The summed E-state index contributed by atoms with van der Waals surface area (Å²) in [4.78, 5) is 37.8. The predicted octanol–water partition coefficient (Wildman–Crippen LogP) is 3.60. The van der Waals surface area contributed by atoms with Crippen molar-refractivity contribution in [3.63, 3.8) is 0 Å². The number of esters is 1. The number of hydrogen-bond acceptors (Lipinski definition) is 5. The molecule has 1 aromatic heterocycles. The van der Waals surface area contributed by atoms with E-state index in [1.54, 1.807) is 48.0 Å². The molecule has 1 aliphatic rings. The maximum Gasteiger partial charge on any atom is 0.329 e. The fourth-order valence-electron chi connectivity index (χ4n) is 2.69. The van der Waals surface area contributed by atoms with E-state index in [9.17, 15) is 18.8 Å². The Kier molecular flexibility index (Phi) is 5.46.